The Morgan fingerprint density at radius 1 is 1.25 bits per heavy atom. The van der Waals surface area contributed by atoms with E-state index in [1.54, 1.807) is 26.0 Å². The lowest BCUT2D eigenvalue weighted by Gasteiger charge is -2.24. The van der Waals surface area contributed by atoms with Gasteiger partial charge in [-0.25, -0.2) is 9.18 Å². The fraction of sp³-hybridized carbons (Fsp3) is 0.429. The van der Waals surface area contributed by atoms with Gasteiger partial charge in [0.05, 0.1) is 6.42 Å². The minimum Gasteiger partial charge on any atom is -0.481 e. The monoisotopic (exact) mass is 282 g/mol. The molecule has 20 heavy (non-hydrogen) atoms. The van der Waals surface area contributed by atoms with E-state index in [1.807, 2.05) is 0 Å². The van der Waals surface area contributed by atoms with Gasteiger partial charge < -0.3 is 15.7 Å². The molecule has 0 saturated carbocycles. The lowest BCUT2D eigenvalue weighted by molar-refractivity contribution is -0.138. The average molecular weight is 282 g/mol. The van der Waals surface area contributed by atoms with E-state index in [1.165, 1.54) is 12.1 Å². The normalized spacial score (nSPS) is 10.9. The van der Waals surface area contributed by atoms with Gasteiger partial charge in [0.1, 0.15) is 5.82 Å². The summed E-state index contributed by atoms with van der Waals surface area (Å²) in [6.45, 7) is 3.67. The number of carbonyl (C=O) groups is 2. The molecular weight excluding hydrogens is 263 g/mol. The van der Waals surface area contributed by atoms with E-state index in [0.29, 0.717) is 13.0 Å². The first-order chi connectivity index (χ1) is 9.28. The van der Waals surface area contributed by atoms with Gasteiger partial charge in [0.2, 0.25) is 0 Å². The molecule has 0 aliphatic heterocycles. The van der Waals surface area contributed by atoms with Gasteiger partial charge in [-0.1, -0.05) is 12.1 Å². The summed E-state index contributed by atoms with van der Waals surface area (Å²) in [7, 11) is 0. The Bertz CT molecular complexity index is 472. The van der Waals surface area contributed by atoms with Crippen LogP contribution in [0, 0.1) is 5.82 Å². The Balaban J connectivity index is 2.33. The molecule has 0 saturated heterocycles. The highest BCUT2D eigenvalue weighted by molar-refractivity contribution is 5.76. The summed E-state index contributed by atoms with van der Waals surface area (Å²) in [6.07, 6.45) is 0.422. The third kappa shape index (κ3) is 6.17. The summed E-state index contributed by atoms with van der Waals surface area (Å²) >= 11 is 0. The fourth-order valence-corrected chi connectivity index (χ4v) is 1.75. The van der Waals surface area contributed by atoms with Gasteiger partial charge in [0, 0.05) is 12.1 Å². The molecule has 6 heteroatoms. The topological polar surface area (TPSA) is 78.4 Å². The maximum atomic E-state index is 12.7. The third-order valence-corrected chi connectivity index (χ3v) is 2.66. The first-order valence-electron chi connectivity index (χ1n) is 6.31. The van der Waals surface area contributed by atoms with Crippen LogP contribution in [0.15, 0.2) is 24.3 Å². The summed E-state index contributed by atoms with van der Waals surface area (Å²) in [5.41, 5.74) is 0.0997. The van der Waals surface area contributed by atoms with Crippen LogP contribution in [-0.2, 0) is 11.2 Å². The van der Waals surface area contributed by atoms with E-state index in [9.17, 15) is 14.0 Å². The van der Waals surface area contributed by atoms with Gasteiger partial charge in [-0.05, 0) is 38.0 Å². The first-order valence-corrected chi connectivity index (χ1v) is 6.31. The van der Waals surface area contributed by atoms with Crippen molar-refractivity contribution in [2.75, 3.05) is 6.54 Å². The van der Waals surface area contributed by atoms with Gasteiger partial charge in [-0.3, -0.25) is 4.79 Å². The van der Waals surface area contributed by atoms with Crippen molar-refractivity contribution in [1.82, 2.24) is 10.6 Å². The Labute approximate surface area is 117 Å². The SMILES string of the molecule is CC(C)(CC(=O)O)NC(=O)NCCc1ccc(F)cc1. The van der Waals surface area contributed by atoms with Gasteiger partial charge >= 0.3 is 12.0 Å². The summed E-state index contributed by atoms with van der Waals surface area (Å²) in [6, 6.07) is 5.63. The standard InChI is InChI=1S/C14H19FN2O3/c1-14(2,9-12(18)19)17-13(20)16-8-7-10-3-5-11(15)6-4-10/h3-6H,7-9H2,1-2H3,(H,18,19)(H2,16,17,20). The molecule has 1 aromatic carbocycles. The van der Waals surface area contributed by atoms with Crippen LogP contribution in [0.3, 0.4) is 0 Å². The summed E-state index contributed by atoms with van der Waals surface area (Å²) in [5.74, 6) is -1.27. The molecule has 0 aliphatic carbocycles. The molecule has 0 aromatic heterocycles. The highest BCUT2D eigenvalue weighted by Crippen LogP contribution is 2.07. The lowest BCUT2D eigenvalue weighted by Crippen LogP contribution is -2.49. The van der Waals surface area contributed by atoms with Crippen molar-refractivity contribution in [3.8, 4) is 0 Å². The molecular formula is C14H19FN2O3. The van der Waals surface area contributed by atoms with Crippen LogP contribution < -0.4 is 10.6 Å². The van der Waals surface area contributed by atoms with Crippen molar-refractivity contribution in [3.63, 3.8) is 0 Å². The summed E-state index contributed by atoms with van der Waals surface area (Å²) in [5, 5.41) is 13.9. The molecule has 0 aliphatic rings. The van der Waals surface area contributed by atoms with E-state index >= 15 is 0 Å². The summed E-state index contributed by atoms with van der Waals surface area (Å²) in [4.78, 5) is 22.2. The van der Waals surface area contributed by atoms with E-state index in [2.05, 4.69) is 10.6 Å². The maximum absolute atomic E-state index is 12.7. The number of nitrogens with one attached hydrogen (secondary N) is 2. The number of carbonyl (C=O) groups excluding carboxylic acids is 1. The van der Waals surface area contributed by atoms with E-state index in [0.717, 1.165) is 5.56 Å². The molecule has 5 nitrogen and oxygen atoms in total. The fourth-order valence-electron chi connectivity index (χ4n) is 1.75. The molecule has 0 fully saturated rings. The van der Waals surface area contributed by atoms with Crippen LogP contribution in [0.4, 0.5) is 9.18 Å². The molecule has 0 bridgehead atoms. The van der Waals surface area contributed by atoms with Crippen molar-refractivity contribution in [1.29, 1.82) is 0 Å². The minimum absolute atomic E-state index is 0.154. The predicted octanol–water partition coefficient (Wildman–Crippen LogP) is 1.92. The molecule has 0 heterocycles. The number of aliphatic carboxylic acids is 1. The Morgan fingerprint density at radius 3 is 2.40 bits per heavy atom. The van der Waals surface area contributed by atoms with E-state index in [-0.39, 0.29) is 12.2 Å². The summed E-state index contributed by atoms with van der Waals surface area (Å²) < 4.78 is 12.7. The molecule has 0 atom stereocenters. The molecule has 110 valence electrons. The number of carboxylic acids is 1. The highest BCUT2D eigenvalue weighted by atomic mass is 19.1. The Morgan fingerprint density at radius 2 is 1.85 bits per heavy atom. The van der Waals surface area contributed by atoms with Crippen LogP contribution >= 0.6 is 0 Å². The van der Waals surface area contributed by atoms with Crippen molar-refractivity contribution in [2.45, 2.75) is 32.2 Å². The number of urea groups is 1. The molecule has 1 rings (SSSR count). The quantitative estimate of drug-likeness (QED) is 0.746. The zero-order valence-electron chi connectivity index (χ0n) is 11.6. The predicted molar refractivity (Wildman–Crippen MR) is 73.0 cm³/mol. The third-order valence-electron chi connectivity index (χ3n) is 2.66. The second-order valence-corrected chi connectivity index (χ2v) is 5.21. The first kappa shape index (κ1) is 15.9. The van der Waals surface area contributed by atoms with Gasteiger partial charge in [-0.15, -0.1) is 0 Å². The van der Waals surface area contributed by atoms with Crippen LogP contribution in [0.5, 0.6) is 0 Å². The zero-order chi connectivity index (χ0) is 15.2. The van der Waals surface area contributed by atoms with Gasteiger partial charge in [0.15, 0.2) is 0 Å². The van der Waals surface area contributed by atoms with Crippen molar-refractivity contribution >= 4 is 12.0 Å². The number of hydrogen-bond acceptors (Lipinski definition) is 2. The molecule has 3 N–H and O–H groups in total. The number of carboxylic acid groups (broad SMARTS) is 1. The maximum Gasteiger partial charge on any atom is 0.315 e. The Kier molecular flexibility index (Phi) is 5.49. The molecule has 1 aromatic rings. The lowest BCUT2D eigenvalue weighted by atomic mass is 10.0. The van der Waals surface area contributed by atoms with Crippen LogP contribution in [0.2, 0.25) is 0 Å². The molecule has 0 unspecified atom stereocenters. The van der Waals surface area contributed by atoms with Crippen molar-refractivity contribution in [2.24, 2.45) is 0 Å². The molecule has 0 spiro atoms. The number of halogens is 1. The van der Waals surface area contributed by atoms with Crippen molar-refractivity contribution < 1.29 is 19.1 Å². The largest absolute Gasteiger partial charge is 0.481 e. The van der Waals surface area contributed by atoms with Crippen molar-refractivity contribution in [3.05, 3.63) is 35.6 Å². The van der Waals surface area contributed by atoms with Crippen LogP contribution in [-0.4, -0.2) is 29.2 Å². The number of amides is 2. The van der Waals surface area contributed by atoms with Crippen LogP contribution in [0.1, 0.15) is 25.8 Å². The highest BCUT2D eigenvalue weighted by Gasteiger charge is 2.23. The van der Waals surface area contributed by atoms with E-state index < -0.39 is 17.5 Å². The smallest absolute Gasteiger partial charge is 0.315 e. The Hall–Kier alpha value is -2.11. The zero-order valence-corrected chi connectivity index (χ0v) is 11.6. The second-order valence-electron chi connectivity index (χ2n) is 5.21. The minimum atomic E-state index is -0.971. The van der Waals surface area contributed by atoms with Crippen LogP contribution in [0.25, 0.3) is 0 Å². The van der Waals surface area contributed by atoms with Gasteiger partial charge in [0.25, 0.3) is 0 Å². The number of hydrogen-bond donors (Lipinski definition) is 3. The number of benzene rings is 1. The van der Waals surface area contributed by atoms with Gasteiger partial charge in [-0.2, -0.15) is 0 Å². The number of rotatable bonds is 6. The average Bonchev–Trinajstić information content (AvgIpc) is 2.29. The molecule has 2 amide bonds. The second kappa shape index (κ2) is 6.88. The molecule has 0 radical (unpaired) electrons. The van der Waals surface area contributed by atoms with E-state index in [4.69, 9.17) is 5.11 Å².